The summed E-state index contributed by atoms with van der Waals surface area (Å²) in [6.45, 7) is 1.78. The Bertz CT molecular complexity index is 1460. The van der Waals surface area contributed by atoms with Gasteiger partial charge in [-0.05, 0) is 30.2 Å². The minimum atomic E-state index is -0.841. The second-order valence-corrected chi connectivity index (χ2v) is 9.60. The largest absolute Gasteiger partial charge is 0.490 e. The maximum Gasteiger partial charge on any atom is 0.347 e. The van der Waals surface area contributed by atoms with Crippen molar-refractivity contribution in [3.05, 3.63) is 106 Å². The molecule has 0 saturated carbocycles. The number of carbonyl (C=O) groups excluding carboxylic acids is 3. The van der Waals surface area contributed by atoms with Gasteiger partial charge in [0.25, 0.3) is 11.8 Å². The first-order valence-corrected chi connectivity index (χ1v) is 12.8. The number of esters is 1. The first-order chi connectivity index (χ1) is 19.3. The van der Waals surface area contributed by atoms with Crippen LogP contribution in [0.15, 0.2) is 94.2 Å². The van der Waals surface area contributed by atoms with Gasteiger partial charge in [0.05, 0.1) is 12.8 Å². The van der Waals surface area contributed by atoms with Gasteiger partial charge in [0.2, 0.25) is 5.76 Å². The average molecular weight is 546 g/mol. The highest BCUT2D eigenvalue weighted by molar-refractivity contribution is 6.18. The third-order valence-corrected chi connectivity index (χ3v) is 6.66. The molecule has 2 amide bonds. The first kappa shape index (κ1) is 26.9. The molecule has 0 aromatic heterocycles. The molecule has 0 aliphatic carbocycles. The fourth-order valence-corrected chi connectivity index (χ4v) is 4.74. The minimum Gasteiger partial charge on any atom is -0.490 e. The molecule has 206 valence electrons. The molecule has 0 radical (unpaired) electrons. The van der Waals surface area contributed by atoms with Crippen molar-refractivity contribution in [3.63, 3.8) is 0 Å². The van der Waals surface area contributed by atoms with E-state index in [1.54, 1.807) is 39.4 Å². The van der Waals surface area contributed by atoms with Crippen molar-refractivity contribution in [2.45, 2.75) is 32.0 Å². The standard InChI is InChI=1S/C30H28FN3O6/c1-4-38-30(37)23-27(39-17-19-8-6-5-7-9-19)24-25-26(20(15-32-24)14-18-10-12-21(31)13-11-18)40-22(28(35)33(2)3)16-34(25)29(23)36/h5-13,15-16,24-25H,4,14,17H2,1-3H3. The number of ether oxygens (including phenoxy) is 3. The van der Waals surface area contributed by atoms with Crippen LogP contribution in [0.25, 0.3) is 0 Å². The lowest BCUT2D eigenvalue weighted by atomic mass is 9.87. The maximum atomic E-state index is 13.9. The number of carbonyl (C=O) groups is 3. The molecule has 0 saturated heterocycles. The number of allylic oxidation sites excluding steroid dienone is 1. The zero-order valence-corrected chi connectivity index (χ0v) is 22.3. The van der Waals surface area contributed by atoms with Crippen LogP contribution in [0, 0.1) is 5.82 Å². The maximum absolute atomic E-state index is 13.9. The number of likely N-dealkylation sites (N-methyl/N-ethyl adjacent to an activating group) is 1. The Kier molecular flexibility index (Phi) is 7.50. The zero-order valence-electron chi connectivity index (χ0n) is 22.3. The van der Waals surface area contributed by atoms with E-state index in [1.807, 2.05) is 30.3 Å². The van der Waals surface area contributed by atoms with E-state index in [9.17, 15) is 18.8 Å². The topological polar surface area (TPSA) is 97.7 Å². The van der Waals surface area contributed by atoms with Crippen molar-refractivity contribution in [2.24, 2.45) is 4.99 Å². The van der Waals surface area contributed by atoms with Crippen LogP contribution in [0.1, 0.15) is 18.1 Å². The van der Waals surface area contributed by atoms with Gasteiger partial charge in [-0.1, -0.05) is 42.5 Å². The number of dihydropyridines is 1. The number of nitrogens with zero attached hydrogens (tertiary/aromatic N) is 3. The second-order valence-electron chi connectivity index (χ2n) is 9.60. The van der Waals surface area contributed by atoms with Gasteiger partial charge in [-0.3, -0.25) is 19.5 Å². The van der Waals surface area contributed by atoms with Gasteiger partial charge in [-0.25, -0.2) is 9.18 Å². The molecule has 5 rings (SSSR count). The number of amides is 2. The van der Waals surface area contributed by atoms with Gasteiger partial charge in [0, 0.05) is 32.3 Å². The number of halogens is 1. The molecule has 3 heterocycles. The van der Waals surface area contributed by atoms with Gasteiger partial charge in [0.1, 0.15) is 36.0 Å². The van der Waals surface area contributed by atoms with Gasteiger partial charge < -0.3 is 19.1 Å². The number of benzene rings is 2. The van der Waals surface area contributed by atoms with Gasteiger partial charge in [-0.15, -0.1) is 0 Å². The van der Waals surface area contributed by atoms with Crippen LogP contribution in [-0.4, -0.2) is 66.6 Å². The molecule has 9 nitrogen and oxygen atoms in total. The third kappa shape index (κ3) is 5.12. The highest BCUT2D eigenvalue weighted by Gasteiger charge is 2.52. The highest BCUT2D eigenvalue weighted by atomic mass is 19.1. The fraction of sp³-hybridized carbons (Fsp3) is 0.267. The fourth-order valence-electron chi connectivity index (χ4n) is 4.74. The first-order valence-electron chi connectivity index (χ1n) is 12.8. The SMILES string of the molecule is CCOC(=O)C1=C(OCc2ccccc2)C2N=CC(Cc3ccc(F)cc3)=C3OC(C(=O)N(C)C)=CN(C1=O)C32. The molecule has 0 N–H and O–H groups in total. The van der Waals surface area contributed by atoms with E-state index in [4.69, 9.17) is 19.2 Å². The second kappa shape index (κ2) is 11.2. The molecule has 2 aromatic carbocycles. The molecule has 0 fully saturated rings. The van der Waals surface area contributed by atoms with Crippen LogP contribution in [-0.2, 0) is 41.6 Å². The number of hydrogen-bond acceptors (Lipinski definition) is 7. The van der Waals surface area contributed by atoms with Crippen molar-refractivity contribution in [2.75, 3.05) is 20.7 Å². The number of aliphatic imine (C=N–C) groups is 1. The minimum absolute atomic E-state index is 0.0508. The smallest absolute Gasteiger partial charge is 0.347 e. The van der Waals surface area contributed by atoms with Gasteiger partial charge in [-0.2, -0.15) is 0 Å². The predicted octanol–water partition coefficient (Wildman–Crippen LogP) is 3.28. The quantitative estimate of drug-likeness (QED) is 0.373. The lowest BCUT2D eigenvalue weighted by Gasteiger charge is -2.44. The van der Waals surface area contributed by atoms with E-state index in [-0.39, 0.29) is 36.1 Å². The molecule has 2 aromatic rings. The Hall–Kier alpha value is -4.73. The molecule has 2 atom stereocenters. The van der Waals surface area contributed by atoms with E-state index in [0.717, 1.165) is 11.1 Å². The van der Waals surface area contributed by atoms with Crippen molar-refractivity contribution >= 4 is 24.0 Å². The Morgan fingerprint density at radius 2 is 1.80 bits per heavy atom. The molecule has 3 aliphatic heterocycles. The van der Waals surface area contributed by atoms with Crippen LogP contribution >= 0.6 is 0 Å². The van der Waals surface area contributed by atoms with E-state index in [0.29, 0.717) is 17.8 Å². The number of hydrogen-bond donors (Lipinski definition) is 0. The summed E-state index contributed by atoms with van der Waals surface area (Å²) in [5.41, 5.74) is 1.93. The summed E-state index contributed by atoms with van der Waals surface area (Å²) in [6, 6.07) is 13.7. The average Bonchev–Trinajstić information content (AvgIpc) is 2.95. The van der Waals surface area contributed by atoms with Crippen LogP contribution in [0.2, 0.25) is 0 Å². The molecule has 10 heteroatoms. The molecular weight excluding hydrogens is 517 g/mol. The molecule has 0 spiro atoms. The monoisotopic (exact) mass is 545 g/mol. The Labute approximate surface area is 230 Å². The Morgan fingerprint density at radius 3 is 2.48 bits per heavy atom. The van der Waals surface area contributed by atoms with Crippen molar-refractivity contribution in [1.29, 1.82) is 0 Å². The lowest BCUT2D eigenvalue weighted by Crippen LogP contribution is -2.56. The summed E-state index contributed by atoms with van der Waals surface area (Å²) in [5.74, 6) is -2.05. The summed E-state index contributed by atoms with van der Waals surface area (Å²) >= 11 is 0. The molecular formula is C30H28FN3O6. The lowest BCUT2D eigenvalue weighted by molar-refractivity contribution is -0.143. The Morgan fingerprint density at radius 1 is 1.07 bits per heavy atom. The predicted molar refractivity (Wildman–Crippen MR) is 143 cm³/mol. The van der Waals surface area contributed by atoms with Crippen LogP contribution < -0.4 is 0 Å². The van der Waals surface area contributed by atoms with E-state index in [1.165, 1.54) is 28.1 Å². The van der Waals surface area contributed by atoms with Crippen LogP contribution in [0.3, 0.4) is 0 Å². The molecule has 40 heavy (non-hydrogen) atoms. The Balaban J connectivity index is 1.62. The van der Waals surface area contributed by atoms with Crippen molar-refractivity contribution in [3.8, 4) is 0 Å². The summed E-state index contributed by atoms with van der Waals surface area (Å²) in [4.78, 5) is 47.3. The van der Waals surface area contributed by atoms with Gasteiger partial charge in [0.15, 0.2) is 5.57 Å². The molecule has 3 aliphatic rings. The van der Waals surface area contributed by atoms with E-state index >= 15 is 0 Å². The summed E-state index contributed by atoms with van der Waals surface area (Å²) < 4.78 is 31.1. The summed E-state index contributed by atoms with van der Waals surface area (Å²) in [5, 5.41) is 0. The molecule has 0 bridgehead atoms. The number of rotatable bonds is 8. The molecule has 2 unspecified atom stereocenters. The highest BCUT2D eigenvalue weighted by Crippen LogP contribution is 2.41. The van der Waals surface area contributed by atoms with Crippen LogP contribution in [0.4, 0.5) is 4.39 Å². The normalized spacial score (nSPS) is 19.6. The summed E-state index contributed by atoms with van der Waals surface area (Å²) in [7, 11) is 3.13. The van der Waals surface area contributed by atoms with Crippen molar-refractivity contribution < 1.29 is 33.0 Å². The van der Waals surface area contributed by atoms with E-state index in [2.05, 4.69) is 0 Å². The zero-order chi connectivity index (χ0) is 28.4. The van der Waals surface area contributed by atoms with Crippen molar-refractivity contribution in [1.82, 2.24) is 9.80 Å². The van der Waals surface area contributed by atoms with Crippen LogP contribution in [0.5, 0.6) is 0 Å². The summed E-state index contributed by atoms with van der Waals surface area (Å²) in [6.07, 6.45) is 3.20. The van der Waals surface area contributed by atoms with E-state index < -0.39 is 29.9 Å². The van der Waals surface area contributed by atoms with Gasteiger partial charge >= 0.3 is 5.97 Å². The third-order valence-electron chi connectivity index (χ3n) is 6.66.